The summed E-state index contributed by atoms with van der Waals surface area (Å²) < 4.78 is 50.8. The molecule has 4 rings (SSSR count). The van der Waals surface area contributed by atoms with Crippen LogP contribution in [0.15, 0.2) is 47.1 Å². The van der Waals surface area contributed by atoms with Crippen LogP contribution in [0.3, 0.4) is 0 Å². The Hall–Kier alpha value is -1.73. The molecule has 2 fully saturated rings. The highest BCUT2D eigenvalue weighted by Crippen LogP contribution is 2.34. The number of rotatable bonds is 8. The molecule has 1 aliphatic carbocycles. The van der Waals surface area contributed by atoms with E-state index in [0.29, 0.717) is 12.2 Å². The first-order valence-corrected chi connectivity index (χ1v) is 14.6. The molecule has 3 aliphatic rings. The van der Waals surface area contributed by atoms with E-state index < -0.39 is 76.8 Å². The number of likely N-dealkylation sites (N-methyl/N-ethyl adjacent to an activating group) is 1. The van der Waals surface area contributed by atoms with Gasteiger partial charge in [-0.25, -0.2) is 8.42 Å². The summed E-state index contributed by atoms with van der Waals surface area (Å²) in [5, 5.41) is 33.6. The molecule has 15 heteroatoms. The quantitative estimate of drug-likeness (QED) is 0.163. The minimum atomic E-state index is -4.11. The number of aliphatic hydroxyl groups excluding tert-OH is 2. The molecule has 0 spiro atoms. The van der Waals surface area contributed by atoms with Crippen LogP contribution in [0.4, 0.5) is 0 Å². The summed E-state index contributed by atoms with van der Waals surface area (Å²) in [4.78, 5) is -0.0149. The van der Waals surface area contributed by atoms with E-state index in [1.807, 2.05) is 0 Å². The standard InChI is InChI=1S/C25H41N5O9S/c1-25(33)12-36-24(19(32)22(25)30(2)40(34,35)14-6-4-3-5-7-14)39-21-17(29)10-16(28)20(18(21)31)38-23-15(27)9-8-13(11-26)37-23/h3-8,15-24,31-33H,9-12,26-29H2,1-2H3/t15-,16+,17-,18+,19-,20-,21+,22-,23-,24-,25+/m1/s1. The van der Waals surface area contributed by atoms with Gasteiger partial charge in [-0.2, -0.15) is 4.31 Å². The van der Waals surface area contributed by atoms with Gasteiger partial charge in [-0.05, 0) is 38.0 Å². The number of sulfonamides is 1. The summed E-state index contributed by atoms with van der Waals surface area (Å²) in [6.07, 6.45) is -5.13. The topological polar surface area (TPSA) is 239 Å². The van der Waals surface area contributed by atoms with Gasteiger partial charge in [0.05, 0.1) is 30.1 Å². The van der Waals surface area contributed by atoms with Crippen molar-refractivity contribution in [1.82, 2.24) is 4.31 Å². The van der Waals surface area contributed by atoms with Gasteiger partial charge in [-0.3, -0.25) is 0 Å². The van der Waals surface area contributed by atoms with Crippen molar-refractivity contribution >= 4 is 10.0 Å². The normalized spacial score (nSPS) is 40.9. The Kier molecular flexibility index (Phi) is 9.56. The lowest BCUT2D eigenvalue weighted by Crippen LogP contribution is -2.69. The van der Waals surface area contributed by atoms with Gasteiger partial charge in [0.2, 0.25) is 16.3 Å². The minimum absolute atomic E-state index is 0.0149. The summed E-state index contributed by atoms with van der Waals surface area (Å²) in [5.41, 5.74) is 22.6. The minimum Gasteiger partial charge on any atom is -0.467 e. The molecule has 0 unspecified atom stereocenters. The second-order valence-corrected chi connectivity index (χ2v) is 12.8. The fourth-order valence-corrected chi connectivity index (χ4v) is 6.94. The van der Waals surface area contributed by atoms with Crippen LogP contribution in [0.2, 0.25) is 0 Å². The molecule has 11 atom stereocenters. The maximum atomic E-state index is 13.3. The fraction of sp³-hybridized carbons (Fsp3) is 0.680. The number of hydrogen-bond donors (Lipinski definition) is 7. The lowest BCUT2D eigenvalue weighted by atomic mass is 9.84. The van der Waals surface area contributed by atoms with E-state index in [2.05, 4.69) is 0 Å². The van der Waals surface area contributed by atoms with Crippen LogP contribution in [0, 0.1) is 0 Å². The van der Waals surface area contributed by atoms with Gasteiger partial charge in [0, 0.05) is 19.1 Å². The van der Waals surface area contributed by atoms with Crippen molar-refractivity contribution in [2.75, 3.05) is 20.2 Å². The SMILES string of the molecule is CN([C@@H]1[C@@H](O)[C@@H](O[C@@H]2[C@@H](O)[C@H](O[C@H]3OC(CN)=CC[C@H]3N)[C@@H](N)C[C@H]2N)OC[C@]1(C)O)S(=O)(=O)c1ccccc1. The molecule has 1 saturated heterocycles. The Bertz CT molecular complexity index is 1140. The highest BCUT2D eigenvalue weighted by molar-refractivity contribution is 7.89. The molecule has 1 aromatic rings. The Morgan fingerprint density at radius 2 is 1.62 bits per heavy atom. The Labute approximate surface area is 233 Å². The monoisotopic (exact) mass is 587 g/mol. The average molecular weight is 588 g/mol. The highest BCUT2D eigenvalue weighted by Gasteiger charge is 2.54. The van der Waals surface area contributed by atoms with Gasteiger partial charge < -0.3 is 57.2 Å². The van der Waals surface area contributed by atoms with Crippen LogP contribution in [-0.2, 0) is 29.0 Å². The van der Waals surface area contributed by atoms with Crippen LogP contribution in [-0.4, -0.2) is 115 Å². The second kappa shape index (κ2) is 12.2. The summed E-state index contributed by atoms with van der Waals surface area (Å²) in [6, 6.07) is 4.26. The predicted octanol–water partition coefficient (Wildman–Crippen LogP) is -2.75. The summed E-state index contributed by atoms with van der Waals surface area (Å²) in [7, 11) is -2.85. The van der Waals surface area contributed by atoms with Crippen molar-refractivity contribution in [2.45, 2.75) is 91.4 Å². The first-order valence-electron chi connectivity index (χ1n) is 13.1. The van der Waals surface area contributed by atoms with Gasteiger partial charge in [0.1, 0.15) is 35.8 Å². The highest BCUT2D eigenvalue weighted by atomic mass is 32.2. The van der Waals surface area contributed by atoms with E-state index in [1.165, 1.54) is 26.1 Å². The maximum absolute atomic E-state index is 13.3. The Morgan fingerprint density at radius 1 is 1.02 bits per heavy atom. The zero-order chi connectivity index (χ0) is 29.4. The van der Waals surface area contributed by atoms with Gasteiger partial charge in [-0.15, -0.1) is 0 Å². The van der Waals surface area contributed by atoms with Crippen molar-refractivity contribution in [3.63, 3.8) is 0 Å². The van der Waals surface area contributed by atoms with E-state index in [0.717, 1.165) is 4.31 Å². The first-order chi connectivity index (χ1) is 18.8. The lowest BCUT2D eigenvalue weighted by molar-refractivity contribution is -0.307. The van der Waals surface area contributed by atoms with Gasteiger partial charge in [0.15, 0.2) is 6.29 Å². The molecule has 226 valence electrons. The van der Waals surface area contributed by atoms with Crippen molar-refractivity contribution in [3.8, 4) is 0 Å². The maximum Gasteiger partial charge on any atom is 0.243 e. The molecule has 40 heavy (non-hydrogen) atoms. The largest absolute Gasteiger partial charge is 0.467 e. The Morgan fingerprint density at radius 3 is 2.23 bits per heavy atom. The number of nitrogens with two attached hydrogens (primary N) is 4. The first kappa shape index (κ1) is 31.2. The number of nitrogens with zero attached hydrogens (tertiary/aromatic N) is 1. The van der Waals surface area contributed by atoms with Crippen LogP contribution < -0.4 is 22.9 Å². The molecule has 0 bridgehead atoms. The van der Waals surface area contributed by atoms with Gasteiger partial charge >= 0.3 is 0 Å². The van der Waals surface area contributed by atoms with Crippen LogP contribution >= 0.6 is 0 Å². The summed E-state index contributed by atoms with van der Waals surface area (Å²) in [6.45, 7) is 1.14. The van der Waals surface area contributed by atoms with Crippen molar-refractivity contribution in [1.29, 1.82) is 0 Å². The van der Waals surface area contributed by atoms with Crippen molar-refractivity contribution < 1.29 is 42.7 Å². The number of aliphatic hydroxyl groups is 3. The molecule has 1 aromatic carbocycles. The molecular formula is C25H41N5O9S. The van der Waals surface area contributed by atoms with E-state index in [9.17, 15) is 23.7 Å². The Balaban J connectivity index is 1.51. The van der Waals surface area contributed by atoms with E-state index in [4.69, 9.17) is 41.9 Å². The number of hydrogen-bond acceptors (Lipinski definition) is 13. The molecular weight excluding hydrogens is 546 g/mol. The zero-order valence-corrected chi connectivity index (χ0v) is 23.3. The summed E-state index contributed by atoms with van der Waals surface area (Å²) >= 11 is 0. The molecule has 2 aliphatic heterocycles. The molecule has 2 heterocycles. The average Bonchev–Trinajstić information content (AvgIpc) is 2.91. The van der Waals surface area contributed by atoms with E-state index >= 15 is 0 Å². The number of benzene rings is 1. The predicted molar refractivity (Wildman–Crippen MR) is 142 cm³/mol. The van der Waals surface area contributed by atoms with Crippen molar-refractivity contribution in [3.05, 3.63) is 42.2 Å². The number of ether oxygens (including phenoxy) is 4. The molecule has 1 saturated carbocycles. The third-order valence-electron chi connectivity index (χ3n) is 7.67. The van der Waals surface area contributed by atoms with Gasteiger partial charge in [0.25, 0.3) is 0 Å². The second-order valence-electron chi connectivity index (χ2n) is 10.8. The van der Waals surface area contributed by atoms with E-state index in [-0.39, 0.29) is 24.5 Å². The lowest BCUT2D eigenvalue weighted by Gasteiger charge is -2.49. The molecule has 0 aromatic heterocycles. The molecule has 11 N–H and O–H groups in total. The fourth-order valence-electron chi connectivity index (χ4n) is 5.46. The summed E-state index contributed by atoms with van der Waals surface area (Å²) in [5.74, 6) is 0.501. The van der Waals surface area contributed by atoms with Crippen LogP contribution in [0.1, 0.15) is 19.8 Å². The zero-order valence-electron chi connectivity index (χ0n) is 22.5. The van der Waals surface area contributed by atoms with Crippen LogP contribution in [0.5, 0.6) is 0 Å². The third-order valence-corrected chi connectivity index (χ3v) is 9.52. The smallest absolute Gasteiger partial charge is 0.243 e. The molecule has 14 nitrogen and oxygen atoms in total. The third kappa shape index (κ3) is 6.21. The molecule has 0 amide bonds. The van der Waals surface area contributed by atoms with Crippen molar-refractivity contribution in [2.24, 2.45) is 22.9 Å². The van der Waals surface area contributed by atoms with Gasteiger partial charge in [-0.1, -0.05) is 18.2 Å². The molecule has 0 radical (unpaired) electrons. The van der Waals surface area contributed by atoms with E-state index in [1.54, 1.807) is 24.3 Å². The van der Waals surface area contributed by atoms with Crippen LogP contribution in [0.25, 0.3) is 0 Å².